The molecule has 16 heavy (non-hydrogen) atoms. The molecule has 0 radical (unpaired) electrons. The Morgan fingerprint density at radius 1 is 1.44 bits per heavy atom. The normalized spacial score (nSPS) is 11.8. The molecule has 0 saturated heterocycles. The fourth-order valence-corrected chi connectivity index (χ4v) is 1.41. The lowest BCUT2D eigenvalue weighted by molar-refractivity contribution is 0.0272. The van der Waals surface area contributed by atoms with Gasteiger partial charge in [-0.1, -0.05) is 34.7 Å². The van der Waals surface area contributed by atoms with Gasteiger partial charge in [-0.2, -0.15) is 0 Å². The zero-order chi connectivity index (χ0) is 12.6. The number of carbonyl (C=O) groups excluding carboxylic acids is 1. The molecule has 0 heterocycles. The zero-order valence-electron chi connectivity index (χ0n) is 10.6. The molecule has 94 valence electrons. The van der Waals surface area contributed by atoms with E-state index in [9.17, 15) is 4.79 Å². The first-order chi connectivity index (χ1) is 7.40. The third-order valence-electron chi connectivity index (χ3n) is 1.77. The van der Waals surface area contributed by atoms with Gasteiger partial charge in [0.15, 0.2) is 0 Å². The predicted octanol–water partition coefficient (Wildman–Crippen LogP) is 3.62. The molecule has 0 aromatic rings. The number of hydrogen-bond donors (Lipinski definition) is 0. The van der Waals surface area contributed by atoms with Crippen molar-refractivity contribution in [1.29, 1.82) is 0 Å². The van der Waals surface area contributed by atoms with Crippen molar-refractivity contribution < 1.29 is 9.53 Å². The van der Waals surface area contributed by atoms with Crippen LogP contribution in [-0.4, -0.2) is 34.1 Å². The molecule has 0 aromatic heterocycles. The average molecular weight is 339 g/mol. The number of alkyl halides is 1. The van der Waals surface area contributed by atoms with Gasteiger partial charge in [0.1, 0.15) is 5.60 Å². The van der Waals surface area contributed by atoms with Gasteiger partial charge in [0.25, 0.3) is 0 Å². The van der Waals surface area contributed by atoms with Crippen LogP contribution in [0.1, 0.15) is 34.1 Å². The number of ether oxygens (including phenoxy) is 1. The Bertz CT molecular complexity index is 234. The summed E-state index contributed by atoms with van der Waals surface area (Å²) < 4.78 is 6.39. The van der Waals surface area contributed by atoms with E-state index in [1.807, 2.05) is 39.8 Å². The quantitative estimate of drug-likeness (QED) is 0.435. The third-order valence-corrected chi connectivity index (χ3v) is 2.54. The Morgan fingerprint density at radius 2 is 2.06 bits per heavy atom. The molecule has 0 rings (SSSR count). The number of rotatable bonds is 5. The molecule has 0 fully saturated rings. The summed E-state index contributed by atoms with van der Waals surface area (Å²) in [5.41, 5.74) is -0.421. The van der Waals surface area contributed by atoms with Crippen LogP contribution in [0.15, 0.2) is 12.2 Å². The van der Waals surface area contributed by atoms with E-state index in [0.717, 1.165) is 17.4 Å². The largest absolute Gasteiger partial charge is 0.444 e. The highest BCUT2D eigenvalue weighted by Gasteiger charge is 2.20. The summed E-state index contributed by atoms with van der Waals surface area (Å²) in [7, 11) is 0. The number of hydrogen-bond acceptors (Lipinski definition) is 2. The van der Waals surface area contributed by atoms with E-state index in [2.05, 4.69) is 22.6 Å². The van der Waals surface area contributed by atoms with Crippen molar-refractivity contribution >= 4 is 28.7 Å². The van der Waals surface area contributed by atoms with Crippen molar-refractivity contribution in [3.8, 4) is 0 Å². The summed E-state index contributed by atoms with van der Waals surface area (Å²) in [6, 6.07) is 0. The van der Waals surface area contributed by atoms with Crippen molar-refractivity contribution in [2.24, 2.45) is 0 Å². The van der Waals surface area contributed by atoms with E-state index in [1.54, 1.807) is 4.90 Å². The molecule has 0 N–H and O–H groups in total. The van der Waals surface area contributed by atoms with Gasteiger partial charge in [0.2, 0.25) is 0 Å². The van der Waals surface area contributed by atoms with E-state index in [-0.39, 0.29) is 6.09 Å². The summed E-state index contributed by atoms with van der Waals surface area (Å²) >= 11 is 2.31. The van der Waals surface area contributed by atoms with Crippen molar-refractivity contribution in [3.63, 3.8) is 0 Å². The maximum atomic E-state index is 11.8. The summed E-state index contributed by atoms with van der Waals surface area (Å²) in [6.45, 7) is 8.99. The molecule has 0 unspecified atom stereocenters. The molecule has 0 aliphatic heterocycles. The van der Waals surface area contributed by atoms with Crippen LogP contribution in [0.25, 0.3) is 0 Å². The number of halogens is 1. The molecule has 3 nitrogen and oxygen atoms in total. The van der Waals surface area contributed by atoms with Gasteiger partial charge >= 0.3 is 6.09 Å². The zero-order valence-corrected chi connectivity index (χ0v) is 12.8. The third kappa shape index (κ3) is 7.96. The number of amides is 1. The lowest BCUT2D eigenvalue weighted by atomic mass is 10.2. The molecule has 0 spiro atoms. The van der Waals surface area contributed by atoms with Crippen molar-refractivity contribution in [2.75, 3.05) is 17.5 Å². The van der Waals surface area contributed by atoms with Crippen LogP contribution in [0.4, 0.5) is 4.79 Å². The fraction of sp³-hybridized carbons (Fsp3) is 0.750. The van der Waals surface area contributed by atoms with Gasteiger partial charge in [-0.15, -0.1) is 0 Å². The van der Waals surface area contributed by atoms with E-state index in [0.29, 0.717) is 6.54 Å². The lowest BCUT2D eigenvalue weighted by Crippen LogP contribution is -2.37. The van der Waals surface area contributed by atoms with E-state index < -0.39 is 5.60 Å². The van der Waals surface area contributed by atoms with Gasteiger partial charge in [-0.05, 0) is 34.1 Å². The molecule has 0 aliphatic rings. The molecular weight excluding hydrogens is 317 g/mol. The second-order valence-corrected chi connectivity index (χ2v) is 5.62. The Labute approximate surface area is 112 Å². The van der Waals surface area contributed by atoms with Crippen LogP contribution < -0.4 is 0 Å². The van der Waals surface area contributed by atoms with Crippen LogP contribution in [0, 0.1) is 0 Å². The van der Waals surface area contributed by atoms with Crippen LogP contribution in [0.3, 0.4) is 0 Å². The molecule has 1 amide bonds. The minimum Gasteiger partial charge on any atom is -0.444 e. The Hall–Kier alpha value is -0.260. The molecule has 0 atom stereocenters. The van der Waals surface area contributed by atoms with Crippen LogP contribution in [0.5, 0.6) is 0 Å². The number of carbonyl (C=O) groups is 1. The molecule has 4 heteroatoms. The second-order valence-electron chi connectivity index (χ2n) is 4.54. The predicted molar refractivity (Wildman–Crippen MR) is 76.1 cm³/mol. The molecule has 0 saturated carbocycles. The molecule has 0 aromatic carbocycles. The first kappa shape index (κ1) is 15.7. The van der Waals surface area contributed by atoms with Crippen LogP contribution in [-0.2, 0) is 4.74 Å². The van der Waals surface area contributed by atoms with Crippen LogP contribution >= 0.6 is 22.6 Å². The van der Waals surface area contributed by atoms with E-state index >= 15 is 0 Å². The van der Waals surface area contributed by atoms with Crippen LogP contribution in [0.2, 0.25) is 0 Å². The number of allylic oxidation sites excluding steroid dienone is 1. The molecular formula is C12H22INO2. The topological polar surface area (TPSA) is 29.5 Å². The summed E-state index contributed by atoms with van der Waals surface area (Å²) in [5.74, 6) is 0. The Kier molecular flexibility index (Phi) is 7.80. The van der Waals surface area contributed by atoms with E-state index in [1.165, 1.54) is 0 Å². The SMILES string of the molecule is C/C=C/CN(CCCI)C(=O)OC(C)(C)C. The van der Waals surface area contributed by atoms with Gasteiger partial charge in [-0.3, -0.25) is 0 Å². The summed E-state index contributed by atoms with van der Waals surface area (Å²) in [6.07, 6.45) is 4.69. The first-order valence-electron chi connectivity index (χ1n) is 5.55. The summed E-state index contributed by atoms with van der Waals surface area (Å²) in [5, 5.41) is 0. The van der Waals surface area contributed by atoms with Crippen molar-refractivity contribution in [3.05, 3.63) is 12.2 Å². The minimum absolute atomic E-state index is 0.226. The monoisotopic (exact) mass is 339 g/mol. The highest BCUT2D eigenvalue weighted by molar-refractivity contribution is 14.1. The fourth-order valence-electron chi connectivity index (χ4n) is 1.07. The lowest BCUT2D eigenvalue weighted by Gasteiger charge is -2.26. The van der Waals surface area contributed by atoms with E-state index in [4.69, 9.17) is 4.74 Å². The molecule has 0 bridgehead atoms. The standard InChI is InChI=1S/C12H22INO2/c1-5-6-9-14(10-7-8-13)11(15)16-12(2,3)4/h5-6H,7-10H2,1-4H3/b6-5+. The van der Waals surface area contributed by atoms with Gasteiger partial charge < -0.3 is 9.64 Å². The first-order valence-corrected chi connectivity index (χ1v) is 7.08. The highest BCUT2D eigenvalue weighted by atomic mass is 127. The van der Waals surface area contributed by atoms with Crippen molar-refractivity contribution in [1.82, 2.24) is 4.90 Å². The maximum Gasteiger partial charge on any atom is 0.410 e. The average Bonchev–Trinajstić information content (AvgIpc) is 2.15. The minimum atomic E-state index is -0.421. The van der Waals surface area contributed by atoms with Crippen molar-refractivity contribution in [2.45, 2.75) is 39.7 Å². The maximum absolute atomic E-state index is 11.8. The van der Waals surface area contributed by atoms with Gasteiger partial charge in [0, 0.05) is 17.5 Å². The number of nitrogens with zero attached hydrogens (tertiary/aromatic N) is 1. The van der Waals surface area contributed by atoms with Gasteiger partial charge in [-0.25, -0.2) is 4.79 Å². The Morgan fingerprint density at radius 3 is 2.50 bits per heavy atom. The highest BCUT2D eigenvalue weighted by Crippen LogP contribution is 2.10. The smallest absolute Gasteiger partial charge is 0.410 e. The summed E-state index contributed by atoms with van der Waals surface area (Å²) in [4.78, 5) is 13.6. The second kappa shape index (κ2) is 7.92. The van der Waals surface area contributed by atoms with Gasteiger partial charge in [0.05, 0.1) is 0 Å². The Balaban J connectivity index is 4.31. The molecule has 0 aliphatic carbocycles.